The molecule has 0 amide bonds. The molecule has 1 fully saturated rings. The molecule has 1 aliphatic heterocycles. The molecule has 0 spiro atoms. The number of guanidine groups is 1. The second kappa shape index (κ2) is 16.3. The van der Waals surface area contributed by atoms with Gasteiger partial charge in [-0.3, -0.25) is 9.89 Å². The van der Waals surface area contributed by atoms with Crippen molar-refractivity contribution < 1.29 is 9.47 Å². The highest BCUT2D eigenvalue weighted by Crippen LogP contribution is 2.22. The Morgan fingerprint density at radius 3 is 2.69 bits per heavy atom. The molecule has 0 aromatic carbocycles. The molecule has 0 radical (unpaired) electrons. The number of ether oxygens (including phenoxy) is 2. The SMILES string of the molecule is CCN(CC)C(CNC(=NC)NCCCOCC1CCOCC1)c1ccsc1.I. The summed E-state index contributed by atoms with van der Waals surface area (Å²) in [5, 5.41) is 11.3. The van der Waals surface area contributed by atoms with Crippen LogP contribution in [0.15, 0.2) is 21.8 Å². The molecule has 2 rings (SSSR count). The first kappa shape index (κ1) is 26.6. The van der Waals surface area contributed by atoms with Gasteiger partial charge in [0.25, 0.3) is 0 Å². The zero-order valence-electron chi connectivity index (χ0n) is 18.2. The number of likely N-dealkylation sites (N-methyl/N-ethyl adjacent to an activating group) is 1. The summed E-state index contributed by atoms with van der Waals surface area (Å²) < 4.78 is 11.2. The number of thiophene rings is 1. The van der Waals surface area contributed by atoms with Crippen LogP contribution in [0.2, 0.25) is 0 Å². The molecular formula is C21H39IN4O2S. The number of hydrogen-bond donors (Lipinski definition) is 2. The van der Waals surface area contributed by atoms with Crippen molar-refractivity contribution in [1.29, 1.82) is 0 Å². The molecule has 1 aliphatic rings. The molecule has 1 atom stereocenters. The van der Waals surface area contributed by atoms with Gasteiger partial charge >= 0.3 is 0 Å². The van der Waals surface area contributed by atoms with E-state index in [1.807, 2.05) is 7.05 Å². The zero-order chi connectivity index (χ0) is 20.0. The van der Waals surface area contributed by atoms with E-state index < -0.39 is 0 Å². The number of nitrogens with one attached hydrogen (secondary N) is 2. The van der Waals surface area contributed by atoms with Crippen LogP contribution in [0.3, 0.4) is 0 Å². The number of halogens is 1. The van der Waals surface area contributed by atoms with Gasteiger partial charge in [0.05, 0.1) is 6.04 Å². The predicted octanol–water partition coefficient (Wildman–Crippen LogP) is 3.75. The summed E-state index contributed by atoms with van der Waals surface area (Å²) in [6, 6.07) is 2.59. The highest BCUT2D eigenvalue weighted by molar-refractivity contribution is 14.0. The summed E-state index contributed by atoms with van der Waals surface area (Å²) in [6.07, 6.45) is 3.24. The zero-order valence-corrected chi connectivity index (χ0v) is 21.3. The lowest BCUT2D eigenvalue weighted by Gasteiger charge is -2.30. The maximum Gasteiger partial charge on any atom is 0.191 e. The standard InChI is InChI=1S/C21H38N4O2S.HI/c1-4-25(5-2)20(19-9-14-28-17-19)15-24-21(22-3)23-10-6-11-27-16-18-7-12-26-13-8-18;/h9,14,17-18,20H,4-8,10-13,15-16H2,1-3H3,(H2,22,23,24);1H. The largest absolute Gasteiger partial charge is 0.381 e. The van der Waals surface area contributed by atoms with Gasteiger partial charge in [0.2, 0.25) is 0 Å². The van der Waals surface area contributed by atoms with Gasteiger partial charge in [-0.25, -0.2) is 0 Å². The fraction of sp³-hybridized carbons (Fsp3) is 0.762. The molecule has 1 aromatic heterocycles. The van der Waals surface area contributed by atoms with Crippen molar-refractivity contribution in [2.24, 2.45) is 10.9 Å². The number of nitrogens with zero attached hydrogens (tertiary/aromatic N) is 2. The number of rotatable bonds is 12. The Labute approximate surface area is 197 Å². The third kappa shape index (κ3) is 9.95. The van der Waals surface area contributed by atoms with Gasteiger partial charge in [0, 0.05) is 46.6 Å². The Morgan fingerprint density at radius 1 is 1.31 bits per heavy atom. The molecular weight excluding hydrogens is 499 g/mol. The fourth-order valence-electron chi connectivity index (χ4n) is 3.54. The molecule has 1 aromatic rings. The third-order valence-electron chi connectivity index (χ3n) is 5.32. The van der Waals surface area contributed by atoms with Crippen LogP contribution in [-0.2, 0) is 9.47 Å². The molecule has 0 bridgehead atoms. The van der Waals surface area contributed by atoms with Crippen molar-refractivity contribution in [2.45, 2.75) is 39.2 Å². The first-order valence-electron chi connectivity index (χ1n) is 10.6. The van der Waals surface area contributed by atoms with Crippen molar-refractivity contribution in [3.05, 3.63) is 22.4 Å². The maximum atomic E-state index is 5.83. The molecule has 2 N–H and O–H groups in total. The van der Waals surface area contributed by atoms with Gasteiger partial charge in [-0.1, -0.05) is 13.8 Å². The van der Waals surface area contributed by atoms with Gasteiger partial charge in [0.1, 0.15) is 0 Å². The van der Waals surface area contributed by atoms with Crippen LogP contribution in [0.1, 0.15) is 44.7 Å². The quantitative estimate of drug-likeness (QED) is 0.184. The second-order valence-electron chi connectivity index (χ2n) is 7.16. The summed E-state index contributed by atoms with van der Waals surface area (Å²) in [5.41, 5.74) is 1.37. The van der Waals surface area contributed by atoms with Gasteiger partial charge in [-0.2, -0.15) is 11.3 Å². The van der Waals surface area contributed by atoms with Crippen LogP contribution in [-0.4, -0.2) is 70.5 Å². The van der Waals surface area contributed by atoms with Crippen LogP contribution < -0.4 is 10.6 Å². The lowest BCUT2D eigenvalue weighted by molar-refractivity contribution is 0.0203. The third-order valence-corrected chi connectivity index (χ3v) is 6.02. The van der Waals surface area contributed by atoms with Crippen molar-refractivity contribution >= 4 is 41.3 Å². The van der Waals surface area contributed by atoms with E-state index in [-0.39, 0.29) is 24.0 Å². The molecule has 8 heteroatoms. The fourth-order valence-corrected chi connectivity index (χ4v) is 4.25. The first-order valence-corrected chi connectivity index (χ1v) is 11.6. The summed E-state index contributed by atoms with van der Waals surface area (Å²) in [4.78, 5) is 6.85. The van der Waals surface area contributed by atoms with E-state index in [1.54, 1.807) is 11.3 Å². The summed E-state index contributed by atoms with van der Waals surface area (Å²) in [5.74, 6) is 1.53. The van der Waals surface area contributed by atoms with Gasteiger partial charge in [-0.05, 0) is 60.7 Å². The van der Waals surface area contributed by atoms with Crippen molar-refractivity contribution in [3.8, 4) is 0 Å². The van der Waals surface area contributed by atoms with Gasteiger partial charge in [0.15, 0.2) is 5.96 Å². The molecule has 0 aliphatic carbocycles. The lowest BCUT2D eigenvalue weighted by Crippen LogP contribution is -2.43. The van der Waals surface area contributed by atoms with E-state index in [4.69, 9.17) is 9.47 Å². The van der Waals surface area contributed by atoms with E-state index in [0.717, 1.165) is 77.8 Å². The maximum absolute atomic E-state index is 5.83. The summed E-state index contributed by atoms with van der Waals surface area (Å²) >= 11 is 1.76. The Balaban J connectivity index is 0.00000420. The van der Waals surface area contributed by atoms with E-state index >= 15 is 0 Å². The van der Waals surface area contributed by atoms with Crippen LogP contribution in [0.25, 0.3) is 0 Å². The summed E-state index contributed by atoms with van der Waals surface area (Å²) in [6.45, 7) is 11.6. The van der Waals surface area contributed by atoms with E-state index in [2.05, 4.69) is 51.2 Å². The van der Waals surface area contributed by atoms with Crippen molar-refractivity contribution in [2.75, 3.05) is 59.7 Å². The molecule has 2 heterocycles. The Kier molecular flexibility index (Phi) is 15.0. The Bertz CT molecular complexity index is 535. The molecule has 1 saturated heterocycles. The van der Waals surface area contributed by atoms with E-state index in [1.165, 1.54) is 5.56 Å². The van der Waals surface area contributed by atoms with Crippen LogP contribution in [0, 0.1) is 5.92 Å². The average molecular weight is 539 g/mol. The summed E-state index contributed by atoms with van der Waals surface area (Å²) in [7, 11) is 1.83. The predicted molar refractivity (Wildman–Crippen MR) is 134 cm³/mol. The molecule has 168 valence electrons. The topological polar surface area (TPSA) is 58.1 Å². The van der Waals surface area contributed by atoms with E-state index in [0.29, 0.717) is 12.0 Å². The Morgan fingerprint density at radius 2 is 2.07 bits per heavy atom. The minimum atomic E-state index is 0. The first-order chi connectivity index (χ1) is 13.8. The molecule has 0 saturated carbocycles. The van der Waals surface area contributed by atoms with Crippen molar-refractivity contribution in [3.63, 3.8) is 0 Å². The van der Waals surface area contributed by atoms with Gasteiger partial charge < -0.3 is 20.1 Å². The smallest absolute Gasteiger partial charge is 0.191 e. The highest BCUT2D eigenvalue weighted by Gasteiger charge is 2.18. The second-order valence-corrected chi connectivity index (χ2v) is 7.94. The lowest BCUT2D eigenvalue weighted by atomic mass is 10.0. The minimum absolute atomic E-state index is 0. The van der Waals surface area contributed by atoms with Crippen LogP contribution in [0.5, 0.6) is 0 Å². The minimum Gasteiger partial charge on any atom is -0.381 e. The monoisotopic (exact) mass is 538 g/mol. The number of hydrogen-bond acceptors (Lipinski definition) is 5. The normalized spacial score (nSPS) is 16.5. The Hall–Kier alpha value is -0.420. The van der Waals surface area contributed by atoms with E-state index in [9.17, 15) is 0 Å². The van der Waals surface area contributed by atoms with Gasteiger partial charge in [-0.15, -0.1) is 24.0 Å². The molecule has 1 unspecified atom stereocenters. The molecule has 29 heavy (non-hydrogen) atoms. The van der Waals surface area contributed by atoms with Crippen LogP contribution >= 0.6 is 35.3 Å². The van der Waals surface area contributed by atoms with Crippen LogP contribution in [0.4, 0.5) is 0 Å². The number of aliphatic imine (C=N–C) groups is 1. The van der Waals surface area contributed by atoms with Crippen molar-refractivity contribution in [1.82, 2.24) is 15.5 Å². The molecule has 6 nitrogen and oxygen atoms in total. The highest BCUT2D eigenvalue weighted by atomic mass is 127. The average Bonchev–Trinajstić information content (AvgIpc) is 3.27.